The zero-order chi connectivity index (χ0) is 14.7. The van der Waals surface area contributed by atoms with Gasteiger partial charge in [0.1, 0.15) is 0 Å². The van der Waals surface area contributed by atoms with Crippen molar-refractivity contribution < 1.29 is 0 Å². The molecule has 1 aliphatic rings. The molecule has 0 saturated heterocycles. The van der Waals surface area contributed by atoms with Gasteiger partial charge in [-0.15, -0.1) is 0 Å². The lowest BCUT2D eigenvalue weighted by atomic mass is 9.79. The molecule has 1 saturated carbocycles. The fraction of sp³-hybridized carbons (Fsp3) is 0.733. The van der Waals surface area contributed by atoms with Gasteiger partial charge in [0.25, 0.3) is 5.56 Å². The van der Waals surface area contributed by atoms with Crippen LogP contribution in [0.15, 0.2) is 16.0 Å². The van der Waals surface area contributed by atoms with E-state index in [2.05, 4.69) is 29.1 Å². The summed E-state index contributed by atoms with van der Waals surface area (Å²) in [6.45, 7) is 6.48. The maximum absolute atomic E-state index is 11.6. The number of rotatable bonds is 4. The van der Waals surface area contributed by atoms with Crippen molar-refractivity contribution in [1.29, 1.82) is 0 Å². The Balaban J connectivity index is 2.13. The van der Waals surface area contributed by atoms with Gasteiger partial charge in [-0.05, 0) is 45.1 Å². The average Bonchev–Trinajstić information content (AvgIpc) is 2.37. The van der Waals surface area contributed by atoms with Crippen LogP contribution in [-0.2, 0) is 0 Å². The number of aromatic nitrogens is 2. The van der Waals surface area contributed by atoms with Gasteiger partial charge in [-0.25, -0.2) is 4.98 Å². The van der Waals surface area contributed by atoms with Gasteiger partial charge < -0.3 is 10.3 Å². The highest BCUT2D eigenvalue weighted by Gasteiger charge is 2.32. The number of aryl methyl sites for hydroxylation is 1. The van der Waals surface area contributed by atoms with Crippen LogP contribution in [0.25, 0.3) is 0 Å². The molecule has 2 N–H and O–H groups in total. The van der Waals surface area contributed by atoms with Crippen molar-refractivity contribution in [3.8, 4) is 0 Å². The first-order valence-electron chi connectivity index (χ1n) is 7.41. The lowest BCUT2D eigenvalue weighted by Crippen LogP contribution is -2.41. The van der Waals surface area contributed by atoms with Crippen LogP contribution in [0.4, 0.5) is 0 Å². The fourth-order valence-electron chi connectivity index (χ4n) is 2.98. The van der Waals surface area contributed by atoms with E-state index in [1.165, 1.54) is 25.3 Å². The van der Waals surface area contributed by atoms with Crippen LogP contribution in [0.1, 0.15) is 38.8 Å². The van der Waals surface area contributed by atoms with E-state index in [4.69, 9.17) is 0 Å². The van der Waals surface area contributed by atoms with Gasteiger partial charge >= 0.3 is 0 Å². The molecule has 0 spiro atoms. The lowest BCUT2D eigenvalue weighted by molar-refractivity contribution is 0.251. The molecule has 2 rings (SSSR count). The summed E-state index contributed by atoms with van der Waals surface area (Å²) < 4.78 is 0. The molecule has 0 aromatic carbocycles. The van der Waals surface area contributed by atoms with E-state index in [1.54, 1.807) is 11.8 Å². The van der Waals surface area contributed by atoms with Gasteiger partial charge in [-0.1, -0.05) is 25.6 Å². The largest absolute Gasteiger partial charge is 0.316 e. The van der Waals surface area contributed by atoms with Crippen molar-refractivity contribution >= 4 is 11.8 Å². The second-order valence-electron chi connectivity index (χ2n) is 6.06. The highest BCUT2D eigenvalue weighted by atomic mass is 32.2. The Bertz CT molecular complexity index is 500. The highest BCUT2D eigenvalue weighted by Crippen LogP contribution is 2.37. The summed E-state index contributed by atoms with van der Waals surface area (Å²) in [7, 11) is 2.03. The Kier molecular flexibility index (Phi) is 5.27. The average molecular weight is 295 g/mol. The van der Waals surface area contributed by atoms with Gasteiger partial charge in [-0.3, -0.25) is 4.79 Å². The van der Waals surface area contributed by atoms with E-state index in [-0.39, 0.29) is 5.56 Å². The third kappa shape index (κ3) is 3.85. The number of hydrogen-bond donors (Lipinski definition) is 2. The molecule has 3 atom stereocenters. The Morgan fingerprint density at radius 1 is 1.45 bits per heavy atom. The van der Waals surface area contributed by atoms with E-state index >= 15 is 0 Å². The van der Waals surface area contributed by atoms with Crippen molar-refractivity contribution in [3.63, 3.8) is 0 Å². The molecule has 1 fully saturated rings. The van der Waals surface area contributed by atoms with Gasteiger partial charge in [0.05, 0.1) is 0 Å². The molecule has 1 aromatic heterocycles. The molecule has 5 heteroatoms. The summed E-state index contributed by atoms with van der Waals surface area (Å²) >= 11 is 1.72. The maximum Gasteiger partial charge on any atom is 0.251 e. The summed E-state index contributed by atoms with van der Waals surface area (Å²) in [5.74, 6) is 1.49. The molecule has 0 bridgehead atoms. The van der Waals surface area contributed by atoms with E-state index in [0.29, 0.717) is 11.3 Å². The van der Waals surface area contributed by atoms with Crippen molar-refractivity contribution in [2.24, 2.45) is 11.8 Å². The molecule has 0 amide bonds. The second kappa shape index (κ2) is 6.76. The van der Waals surface area contributed by atoms with Crippen LogP contribution < -0.4 is 10.9 Å². The van der Waals surface area contributed by atoms with E-state index < -0.39 is 0 Å². The maximum atomic E-state index is 11.6. The topological polar surface area (TPSA) is 57.8 Å². The fourth-order valence-corrected chi connectivity index (χ4v) is 4.40. The Hall–Kier alpha value is -0.810. The number of nitrogens with one attached hydrogen (secondary N) is 2. The van der Waals surface area contributed by atoms with Crippen LogP contribution >= 0.6 is 11.8 Å². The lowest BCUT2D eigenvalue weighted by Gasteiger charge is -2.37. The molecular formula is C15H25N3OS. The minimum atomic E-state index is -0.0581. The third-order valence-corrected chi connectivity index (χ3v) is 5.50. The Labute approximate surface area is 125 Å². The van der Waals surface area contributed by atoms with E-state index in [0.717, 1.165) is 22.7 Å². The van der Waals surface area contributed by atoms with Crippen molar-refractivity contribution in [2.45, 2.75) is 56.5 Å². The van der Waals surface area contributed by atoms with Gasteiger partial charge in [-0.2, -0.15) is 0 Å². The number of H-pyrrole nitrogens is 1. The van der Waals surface area contributed by atoms with Crippen LogP contribution in [0.2, 0.25) is 0 Å². The molecule has 3 unspecified atom stereocenters. The SMILES string of the molecule is CNC1CCC(C(C)C)CC1Sc1nc(C)cc(=O)[nH]1. The smallest absolute Gasteiger partial charge is 0.251 e. The van der Waals surface area contributed by atoms with Gasteiger partial charge in [0.2, 0.25) is 0 Å². The number of nitrogens with zero attached hydrogens (tertiary/aromatic N) is 1. The normalized spacial score (nSPS) is 26.9. The zero-order valence-electron chi connectivity index (χ0n) is 12.8. The van der Waals surface area contributed by atoms with Crippen LogP contribution in [0.5, 0.6) is 0 Å². The van der Waals surface area contributed by atoms with Crippen molar-refractivity contribution in [2.75, 3.05) is 7.05 Å². The van der Waals surface area contributed by atoms with Gasteiger partial charge in [0.15, 0.2) is 5.16 Å². The molecule has 1 heterocycles. The zero-order valence-corrected chi connectivity index (χ0v) is 13.6. The molecule has 1 aliphatic carbocycles. The molecule has 1 aromatic rings. The molecule has 4 nitrogen and oxygen atoms in total. The first-order valence-corrected chi connectivity index (χ1v) is 8.29. The number of aromatic amines is 1. The second-order valence-corrected chi connectivity index (χ2v) is 7.29. The van der Waals surface area contributed by atoms with Crippen LogP contribution in [0, 0.1) is 18.8 Å². The summed E-state index contributed by atoms with van der Waals surface area (Å²) in [6.07, 6.45) is 3.68. The summed E-state index contributed by atoms with van der Waals surface area (Å²) in [4.78, 5) is 18.9. The Morgan fingerprint density at radius 2 is 2.20 bits per heavy atom. The third-order valence-electron chi connectivity index (χ3n) is 4.26. The summed E-state index contributed by atoms with van der Waals surface area (Å²) in [5.41, 5.74) is 0.728. The van der Waals surface area contributed by atoms with Crippen molar-refractivity contribution in [1.82, 2.24) is 15.3 Å². The van der Waals surface area contributed by atoms with Crippen molar-refractivity contribution in [3.05, 3.63) is 22.1 Å². The van der Waals surface area contributed by atoms with Gasteiger partial charge in [0, 0.05) is 23.1 Å². The predicted molar refractivity (Wildman–Crippen MR) is 84.3 cm³/mol. The summed E-state index contributed by atoms with van der Waals surface area (Å²) in [6, 6.07) is 2.04. The van der Waals surface area contributed by atoms with E-state index in [9.17, 15) is 4.79 Å². The van der Waals surface area contributed by atoms with Crippen LogP contribution in [0.3, 0.4) is 0 Å². The first-order chi connectivity index (χ1) is 9.49. The standard InChI is InChI=1S/C15H25N3OS/c1-9(2)11-5-6-12(16-4)13(8-11)20-15-17-10(3)7-14(19)18-15/h7,9,11-13,16H,5-6,8H2,1-4H3,(H,17,18,19). The number of thioether (sulfide) groups is 1. The molecule has 0 aliphatic heterocycles. The minimum Gasteiger partial charge on any atom is -0.316 e. The molecule has 112 valence electrons. The number of hydrogen-bond acceptors (Lipinski definition) is 4. The minimum absolute atomic E-state index is 0.0581. The predicted octanol–water partition coefficient (Wildman–Crippen LogP) is 2.58. The first kappa shape index (κ1) is 15.6. The highest BCUT2D eigenvalue weighted by molar-refractivity contribution is 7.99. The molecule has 20 heavy (non-hydrogen) atoms. The Morgan fingerprint density at radius 3 is 2.80 bits per heavy atom. The quantitative estimate of drug-likeness (QED) is 0.838. The summed E-state index contributed by atoms with van der Waals surface area (Å²) in [5, 5.41) is 4.65. The van der Waals surface area contributed by atoms with E-state index in [1.807, 2.05) is 14.0 Å². The molecular weight excluding hydrogens is 270 g/mol. The molecule has 0 radical (unpaired) electrons. The monoisotopic (exact) mass is 295 g/mol. The van der Waals surface area contributed by atoms with Crippen LogP contribution in [-0.4, -0.2) is 28.3 Å².